The lowest BCUT2D eigenvalue weighted by Crippen LogP contribution is -2.50. The van der Waals surface area contributed by atoms with Crippen LogP contribution >= 0.6 is 11.3 Å². The maximum atomic E-state index is 11.9. The lowest BCUT2D eigenvalue weighted by Gasteiger charge is -2.31. The molecule has 2 aromatic heterocycles. The molecule has 0 radical (unpaired) electrons. The quantitative estimate of drug-likeness (QED) is 0.822. The molecule has 0 bridgehead atoms. The van der Waals surface area contributed by atoms with Gasteiger partial charge in [0, 0.05) is 19.6 Å². The number of aromatic nitrogens is 2. The second-order valence-corrected chi connectivity index (χ2v) is 5.38. The fourth-order valence-corrected chi connectivity index (χ4v) is 2.98. The molecule has 7 heteroatoms. The van der Waals surface area contributed by atoms with Gasteiger partial charge in [0.15, 0.2) is 0 Å². The predicted molar refractivity (Wildman–Crippen MR) is 72.9 cm³/mol. The van der Waals surface area contributed by atoms with Crippen molar-refractivity contribution in [3.8, 4) is 6.07 Å². The lowest BCUT2D eigenvalue weighted by molar-refractivity contribution is 0.185. The topological polar surface area (TPSA) is 84.8 Å². The maximum Gasteiger partial charge on any atom is 0.268 e. The monoisotopic (exact) mass is 275 g/mol. The predicted octanol–water partition coefficient (Wildman–Crippen LogP) is 0.282. The highest BCUT2D eigenvalue weighted by atomic mass is 32.1. The van der Waals surface area contributed by atoms with E-state index in [9.17, 15) is 4.79 Å². The van der Waals surface area contributed by atoms with Gasteiger partial charge in [0.25, 0.3) is 5.56 Å². The Morgan fingerprint density at radius 1 is 1.63 bits per heavy atom. The van der Waals surface area contributed by atoms with Crippen molar-refractivity contribution < 1.29 is 0 Å². The average Bonchev–Trinajstić information content (AvgIpc) is 2.88. The molecule has 0 aliphatic carbocycles. The zero-order valence-corrected chi connectivity index (χ0v) is 11.0. The summed E-state index contributed by atoms with van der Waals surface area (Å²) in [6, 6.07) is 3.94. The molecule has 1 saturated heterocycles. The Morgan fingerprint density at radius 3 is 3.37 bits per heavy atom. The van der Waals surface area contributed by atoms with Gasteiger partial charge in [-0.05, 0) is 11.4 Å². The van der Waals surface area contributed by atoms with Crippen molar-refractivity contribution in [1.29, 1.82) is 5.26 Å². The van der Waals surface area contributed by atoms with Gasteiger partial charge in [-0.2, -0.15) is 5.26 Å². The van der Waals surface area contributed by atoms with E-state index in [1.165, 1.54) is 11.3 Å². The summed E-state index contributed by atoms with van der Waals surface area (Å²) >= 11 is 1.39. The second kappa shape index (κ2) is 5.09. The summed E-state index contributed by atoms with van der Waals surface area (Å²) in [4.78, 5) is 21.1. The molecule has 0 amide bonds. The van der Waals surface area contributed by atoms with Crippen LogP contribution in [-0.2, 0) is 6.54 Å². The number of fused-ring (bicyclic) bond motifs is 1. The number of hydrogen-bond acceptors (Lipinski definition) is 6. The zero-order chi connectivity index (χ0) is 13.2. The van der Waals surface area contributed by atoms with Gasteiger partial charge >= 0.3 is 0 Å². The molecule has 1 aliphatic rings. The molecule has 0 aromatic carbocycles. The highest BCUT2D eigenvalue weighted by molar-refractivity contribution is 7.17. The third-order valence-electron chi connectivity index (χ3n) is 3.22. The van der Waals surface area contributed by atoms with Crippen LogP contribution in [0.4, 0.5) is 0 Å². The van der Waals surface area contributed by atoms with E-state index >= 15 is 0 Å². The Morgan fingerprint density at radius 2 is 2.53 bits per heavy atom. The third-order valence-corrected chi connectivity index (χ3v) is 4.12. The first-order valence-electron chi connectivity index (χ1n) is 6.09. The Balaban J connectivity index is 1.88. The fourth-order valence-electron chi connectivity index (χ4n) is 2.25. The normalized spacial score (nSPS) is 20.5. The molecule has 3 rings (SSSR count). The number of hydrogen-bond donors (Lipinski definition) is 2. The van der Waals surface area contributed by atoms with Crippen LogP contribution in [-0.4, -0.2) is 40.5 Å². The first-order valence-corrected chi connectivity index (χ1v) is 6.96. The first-order chi connectivity index (χ1) is 9.28. The van der Waals surface area contributed by atoms with E-state index in [2.05, 4.69) is 21.4 Å². The largest absolute Gasteiger partial charge is 0.313 e. The minimum Gasteiger partial charge on any atom is -0.313 e. The van der Waals surface area contributed by atoms with Crippen LogP contribution in [0.3, 0.4) is 0 Å². The molecular weight excluding hydrogens is 262 g/mol. The minimum atomic E-state index is -0.169. The van der Waals surface area contributed by atoms with Crippen molar-refractivity contribution in [2.45, 2.75) is 12.6 Å². The summed E-state index contributed by atoms with van der Waals surface area (Å²) in [7, 11) is 0. The van der Waals surface area contributed by atoms with E-state index in [4.69, 9.17) is 5.26 Å². The van der Waals surface area contributed by atoms with Crippen LogP contribution in [0, 0.1) is 11.3 Å². The molecule has 1 atom stereocenters. The van der Waals surface area contributed by atoms with Crippen molar-refractivity contribution in [1.82, 2.24) is 20.2 Å². The molecule has 3 heterocycles. The van der Waals surface area contributed by atoms with E-state index in [1.54, 1.807) is 0 Å². The third kappa shape index (κ3) is 2.38. The number of H-pyrrole nitrogens is 1. The fraction of sp³-hybridized carbons (Fsp3) is 0.417. The molecule has 6 nitrogen and oxygen atoms in total. The van der Waals surface area contributed by atoms with Crippen molar-refractivity contribution in [3.05, 3.63) is 27.6 Å². The smallest absolute Gasteiger partial charge is 0.268 e. The van der Waals surface area contributed by atoms with E-state index in [0.717, 1.165) is 18.6 Å². The van der Waals surface area contributed by atoms with E-state index < -0.39 is 0 Å². The molecule has 1 fully saturated rings. The van der Waals surface area contributed by atoms with Gasteiger partial charge in [0.1, 0.15) is 16.6 Å². The second-order valence-electron chi connectivity index (χ2n) is 4.47. The van der Waals surface area contributed by atoms with Gasteiger partial charge in [-0.15, -0.1) is 11.3 Å². The van der Waals surface area contributed by atoms with Gasteiger partial charge in [-0.1, -0.05) is 0 Å². The maximum absolute atomic E-state index is 11.9. The summed E-state index contributed by atoms with van der Waals surface area (Å²) in [5, 5.41) is 14.2. The summed E-state index contributed by atoms with van der Waals surface area (Å²) in [6.07, 6.45) is 0. The summed E-state index contributed by atoms with van der Waals surface area (Å²) < 4.78 is 0.654. The van der Waals surface area contributed by atoms with Gasteiger partial charge in [-0.25, -0.2) is 4.98 Å². The van der Waals surface area contributed by atoms with Crippen LogP contribution in [0.1, 0.15) is 5.82 Å². The molecule has 1 unspecified atom stereocenters. The Kier molecular flexibility index (Phi) is 3.29. The van der Waals surface area contributed by atoms with Crippen molar-refractivity contribution in [3.63, 3.8) is 0 Å². The zero-order valence-electron chi connectivity index (χ0n) is 10.2. The SMILES string of the molecule is N#CC1CNCCN1Cc1nc2ccsc2c(=O)[nH]1. The van der Waals surface area contributed by atoms with Crippen LogP contribution in [0.25, 0.3) is 10.2 Å². The summed E-state index contributed by atoms with van der Waals surface area (Å²) in [6.45, 7) is 2.79. The number of aromatic amines is 1. The number of rotatable bonds is 2. The Bertz CT molecular complexity index is 685. The first kappa shape index (κ1) is 12.3. The van der Waals surface area contributed by atoms with E-state index in [0.29, 0.717) is 23.6 Å². The molecule has 2 aromatic rings. The minimum absolute atomic E-state index is 0.0985. The summed E-state index contributed by atoms with van der Waals surface area (Å²) in [5.41, 5.74) is 0.631. The Hall–Kier alpha value is -1.75. The van der Waals surface area contributed by atoms with Crippen LogP contribution in [0.5, 0.6) is 0 Å². The highest BCUT2D eigenvalue weighted by Gasteiger charge is 2.22. The Labute approximate surface area is 113 Å². The number of nitrogens with one attached hydrogen (secondary N) is 2. The molecule has 2 N–H and O–H groups in total. The van der Waals surface area contributed by atoms with Crippen molar-refractivity contribution in [2.24, 2.45) is 0 Å². The molecular formula is C12H13N5OS. The van der Waals surface area contributed by atoms with Crippen molar-refractivity contribution >= 4 is 21.6 Å². The summed E-state index contributed by atoms with van der Waals surface area (Å²) in [5.74, 6) is 0.623. The average molecular weight is 275 g/mol. The lowest BCUT2D eigenvalue weighted by atomic mass is 10.2. The standard InChI is InChI=1S/C12H13N5OS/c13-5-8-6-14-2-3-17(8)7-10-15-9-1-4-19-11(9)12(18)16-10/h1,4,8,14H,2-3,6-7H2,(H,15,16,18). The van der Waals surface area contributed by atoms with Gasteiger partial charge in [0.05, 0.1) is 18.1 Å². The molecule has 19 heavy (non-hydrogen) atoms. The van der Waals surface area contributed by atoms with Gasteiger partial charge in [-0.3, -0.25) is 9.69 Å². The van der Waals surface area contributed by atoms with Crippen LogP contribution < -0.4 is 10.9 Å². The van der Waals surface area contributed by atoms with Crippen molar-refractivity contribution in [2.75, 3.05) is 19.6 Å². The number of thiophene rings is 1. The van der Waals surface area contributed by atoms with Gasteiger partial charge < -0.3 is 10.3 Å². The molecule has 0 saturated carbocycles. The van der Waals surface area contributed by atoms with E-state index in [-0.39, 0.29) is 11.6 Å². The number of nitrogens with zero attached hydrogens (tertiary/aromatic N) is 3. The van der Waals surface area contributed by atoms with Crippen LogP contribution in [0.15, 0.2) is 16.2 Å². The number of nitriles is 1. The highest BCUT2D eigenvalue weighted by Crippen LogP contribution is 2.14. The molecule has 1 aliphatic heterocycles. The van der Waals surface area contributed by atoms with Crippen LogP contribution in [0.2, 0.25) is 0 Å². The molecule has 98 valence electrons. The van der Waals surface area contributed by atoms with Gasteiger partial charge in [0.2, 0.25) is 0 Å². The molecule has 0 spiro atoms. The number of piperazine rings is 1. The van der Waals surface area contributed by atoms with E-state index in [1.807, 2.05) is 16.3 Å².